The molecular formula is C21H26N6O10P2S2. The first kappa shape index (κ1) is 29.1. The van der Waals surface area contributed by atoms with E-state index in [2.05, 4.69) is 44.4 Å². The number of fused-ring (bicyclic) bond motifs is 4. The van der Waals surface area contributed by atoms with Gasteiger partial charge < -0.3 is 29.4 Å². The van der Waals surface area contributed by atoms with Gasteiger partial charge in [-0.2, -0.15) is 4.98 Å². The van der Waals surface area contributed by atoms with E-state index in [1.807, 2.05) is 0 Å². The SMILES string of the molecule is Nc1nc2c(ccn2[C@@H]2O[C@@H]3CO[P@](=O)(S)O[C@H]4C[C@H](Oc5ccncn5)C[C@@H]4CO[P@](=O)(S)O[C@@H]2[C@@H]3O)c(=O)[nH]1. The summed E-state index contributed by atoms with van der Waals surface area (Å²) in [4.78, 5) is 26.8. The summed E-state index contributed by atoms with van der Waals surface area (Å²) in [6, 6.07) is 3.07. The zero-order valence-electron chi connectivity index (χ0n) is 21.0. The van der Waals surface area contributed by atoms with Gasteiger partial charge in [0.25, 0.3) is 5.56 Å². The molecule has 5 heterocycles. The molecule has 3 aliphatic rings. The molecule has 0 radical (unpaired) electrons. The number of aliphatic hydroxyl groups excluding tert-OH is 1. The van der Waals surface area contributed by atoms with Crippen LogP contribution in [0.25, 0.3) is 11.0 Å². The lowest BCUT2D eigenvalue weighted by atomic mass is 10.1. The van der Waals surface area contributed by atoms with Gasteiger partial charge in [0, 0.05) is 30.8 Å². The molecule has 0 aromatic carbocycles. The van der Waals surface area contributed by atoms with Crippen LogP contribution >= 0.6 is 38.1 Å². The lowest BCUT2D eigenvalue weighted by Crippen LogP contribution is -2.35. The second-order valence-corrected chi connectivity index (χ2v) is 15.5. The minimum Gasteiger partial charge on any atom is -0.474 e. The molecule has 3 aromatic heterocycles. The molecule has 0 unspecified atom stereocenters. The van der Waals surface area contributed by atoms with Gasteiger partial charge >= 0.3 is 13.6 Å². The van der Waals surface area contributed by atoms with Crippen molar-refractivity contribution in [2.45, 2.75) is 49.6 Å². The predicted octanol–water partition coefficient (Wildman–Crippen LogP) is 2.11. The highest BCUT2D eigenvalue weighted by Crippen LogP contribution is 2.60. The van der Waals surface area contributed by atoms with E-state index in [9.17, 15) is 19.0 Å². The molecule has 222 valence electrons. The van der Waals surface area contributed by atoms with Crippen LogP contribution in [0.1, 0.15) is 19.1 Å². The topological polar surface area (TPSA) is 212 Å². The Balaban J connectivity index is 1.28. The zero-order valence-corrected chi connectivity index (χ0v) is 24.6. The molecule has 2 bridgehead atoms. The predicted molar refractivity (Wildman–Crippen MR) is 149 cm³/mol. The van der Waals surface area contributed by atoms with Gasteiger partial charge in [-0.3, -0.25) is 23.3 Å². The summed E-state index contributed by atoms with van der Waals surface area (Å²) in [5.74, 6) is -0.264. The molecule has 2 saturated heterocycles. The fourth-order valence-electron chi connectivity index (χ4n) is 5.16. The third kappa shape index (κ3) is 6.22. The summed E-state index contributed by atoms with van der Waals surface area (Å²) < 4.78 is 62.6. The highest BCUT2D eigenvalue weighted by molar-refractivity contribution is 8.44. The molecule has 0 amide bonds. The van der Waals surface area contributed by atoms with E-state index in [-0.39, 0.29) is 30.0 Å². The molecule has 0 spiro atoms. The lowest BCUT2D eigenvalue weighted by Gasteiger charge is -2.26. The van der Waals surface area contributed by atoms with E-state index in [0.717, 1.165) is 0 Å². The standard InChI is InChI=1S/C21H26N6O10P2S2/c22-21-25-18-12(19(29)26-21)2-4-27(18)20-17-16(28)14(35-20)8-33-38(30,40)36-13-6-11(34-15-1-3-23-9-24-15)5-10(13)7-32-39(31,41)37-17/h1-4,9-11,13-14,16-17,20,28H,5-8H2,(H,30,40)(H,31,41)(H3,22,25,26,29)/t10-,11-,13+,14-,16-,17-,20-,38+,39+/m1/s1. The molecule has 1 aliphatic carbocycles. The Morgan fingerprint density at radius 1 is 1.12 bits per heavy atom. The third-order valence-electron chi connectivity index (χ3n) is 6.99. The van der Waals surface area contributed by atoms with E-state index >= 15 is 0 Å². The summed E-state index contributed by atoms with van der Waals surface area (Å²) in [5, 5.41) is 11.3. The first-order valence-electron chi connectivity index (χ1n) is 12.4. The molecule has 3 fully saturated rings. The number of hydrogen-bond acceptors (Lipinski definition) is 14. The van der Waals surface area contributed by atoms with E-state index in [0.29, 0.717) is 12.3 Å². The van der Waals surface area contributed by atoms with E-state index in [4.69, 9.17) is 33.3 Å². The smallest absolute Gasteiger partial charge is 0.386 e. The Morgan fingerprint density at radius 3 is 2.68 bits per heavy atom. The molecule has 9 atom stereocenters. The average Bonchev–Trinajstić information content (AvgIpc) is 3.57. The van der Waals surface area contributed by atoms with Crippen molar-refractivity contribution >= 4 is 55.1 Å². The molecular weight excluding hydrogens is 622 g/mol. The van der Waals surface area contributed by atoms with Crippen LogP contribution in [0.3, 0.4) is 0 Å². The second kappa shape index (κ2) is 11.3. The minimum atomic E-state index is -4.14. The van der Waals surface area contributed by atoms with Gasteiger partial charge in [0.05, 0.1) is 24.7 Å². The van der Waals surface area contributed by atoms with Crippen LogP contribution in [0, 0.1) is 5.92 Å². The monoisotopic (exact) mass is 648 g/mol. The summed E-state index contributed by atoms with van der Waals surface area (Å²) in [6.07, 6.45) is -1.22. The number of nitrogens with zero attached hydrogens (tertiary/aromatic N) is 4. The molecule has 3 aromatic rings. The first-order valence-corrected chi connectivity index (χ1v) is 17.8. The van der Waals surface area contributed by atoms with Crippen LogP contribution in [0.2, 0.25) is 0 Å². The fourth-order valence-corrected chi connectivity index (χ4v) is 8.22. The molecule has 20 heteroatoms. The maximum absolute atomic E-state index is 13.4. The van der Waals surface area contributed by atoms with Gasteiger partial charge in [-0.15, -0.1) is 0 Å². The Kier molecular flexibility index (Phi) is 8.00. The van der Waals surface area contributed by atoms with E-state index in [1.54, 1.807) is 6.07 Å². The molecule has 6 rings (SSSR count). The molecule has 2 aliphatic heterocycles. The number of anilines is 1. The fraction of sp³-hybridized carbons (Fsp3) is 0.524. The van der Waals surface area contributed by atoms with Crippen LogP contribution in [0.4, 0.5) is 5.95 Å². The maximum atomic E-state index is 13.4. The molecule has 4 N–H and O–H groups in total. The second-order valence-electron chi connectivity index (χ2n) is 9.73. The normalized spacial score (nSPS) is 38.1. The number of H-pyrrole nitrogens is 1. The van der Waals surface area contributed by atoms with Crippen molar-refractivity contribution in [3.63, 3.8) is 0 Å². The Morgan fingerprint density at radius 2 is 1.90 bits per heavy atom. The molecule has 16 nitrogen and oxygen atoms in total. The van der Waals surface area contributed by atoms with Crippen molar-refractivity contribution in [2.75, 3.05) is 18.9 Å². The highest BCUT2D eigenvalue weighted by Gasteiger charge is 2.51. The van der Waals surface area contributed by atoms with E-state index < -0.39 is 68.4 Å². The number of thiol groups is 2. The number of rotatable bonds is 3. The van der Waals surface area contributed by atoms with Gasteiger partial charge in [0.15, 0.2) is 11.9 Å². The quantitative estimate of drug-likeness (QED) is 0.203. The van der Waals surface area contributed by atoms with Gasteiger partial charge in [-0.05, 0) is 12.5 Å². The van der Waals surface area contributed by atoms with E-state index in [1.165, 1.54) is 29.4 Å². The minimum absolute atomic E-state index is 0.126. The number of nitrogens with two attached hydrogens (primary N) is 1. The van der Waals surface area contributed by atoms with Crippen molar-refractivity contribution in [2.24, 2.45) is 5.92 Å². The Labute approximate surface area is 242 Å². The first-order chi connectivity index (χ1) is 19.5. The van der Waals surface area contributed by atoms with Crippen molar-refractivity contribution in [3.05, 3.63) is 41.2 Å². The summed E-state index contributed by atoms with van der Waals surface area (Å²) in [7, 11) is 0. The van der Waals surface area contributed by atoms with Crippen LogP contribution in [-0.2, 0) is 32.0 Å². The number of aromatic amines is 1. The number of nitrogens with one attached hydrogen (secondary N) is 1. The molecule has 41 heavy (non-hydrogen) atoms. The number of hydrogen-bond donors (Lipinski definition) is 5. The summed E-state index contributed by atoms with van der Waals surface area (Å²) in [6.45, 7) is -8.74. The third-order valence-corrected chi connectivity index (χ3v) is 10.2. The zero-order chi connectivity index (χ0) is 28.9. The number of aliphatic hydroxyl groups is 1. The van der Waals surface area contributed by atoms with Crippen molar-refractivity contribution < 1.29 is 41.8 Å². The van der Waals surface area contributed by atoms with Crippen molar-refractivity contribution in [1.82, 2.24) is 24.5 Å². The van der Waals surface area contributed by atoms with Crippen LogP contribution in [-0.4, -0.2) is 73.3 Å². The summed E-state index contributed by atoms with van der Waals surface area (Å²) >= 11 is 8.27. The largest absolute Gasteiger partial charge is 0.474 e. The highest BCUT2D eigenvalue weighted by atomic mass is 32.7. The number of nitrogen functional groups attached to an aromatic ring is 1. The maximum Gasteiger partial charge on any atom is 0.386 e. The number of aromatic nitrogens is 5. The lowest BCUT2D eigenvalue weighted by molar-refractivity contribution is -0.0485. The number of ether oxygens (including phenoxy) is 2. The van der Waals surface area contributed by atoms with Crippen LogP contribution in [0.15, 0.2) is 35.6 Å². The van der Waals surface area contributed by atoms with Crippen LogP contribution < -0.4 is 16.0 Å². The van der Waals surface area contributed by atoms with Crippen molar-refractivity contribution in [3.8, 4) is 5.88 Å². The van der Waals surface area contributed by atoms with Gasteiger partial charge in [0.2, 0.25) is 11.8 Å². The van der Waals surface area contributed by atoms with Gasteiger partial charge in [-0.25, -0.2) is 19.1 Å². The van der Waals surface area contributed by atoms with Gasteiger partial charge in [0.1, 0.15) is 30.7 Å². The Hall–Kier alpha value is -1.98. The average molecular weight is 649 g/mol. The molecule has 1 saturated carbocycles. The van der Waals surface area contributed by atoms with Crippen LogP contribution in [0.5, 0.6) is 5.88 Å². The Bertz CT molecular complexity index is 1580. The summed E-state index contributed by atoms with van der Waals surface area (Å²) in [5.41, 5.74) is 5.36. The van der Waals surface area contributed by atoms with Gasteiger partial charge in [-0.1, -0.05) is 24.5 Å². The van der Waals surface area contributed by atoms with Crippen molar-refractivity contribution in [1.29, 1.82) is 0 Å².